The average molecular weight is 313 g/mol. The molecule has 0 amide bonds. The molecule has 0 aromatic carbocycles. The van der Waals surface area contributed by atoms with E-state index in [2.05, 4.69) is 0 Å². The van der Waals surface area contributed by atoms with Crippen LogP contribution >= 0.6 is 11.8 Å². The lowest BCUT2D eigenvalue weighted by Gasteiger charge is -2.22. The summed E-state index contributed by atoms with van der Waals surface area (Å²) in [5.74, 6) is -4.88. The van der Waals surface area contributed by atoms with E-state index in [9.17, 15) is 31.1 Å². The number of rotatable bonds is 7. The summed E-state index contributed by atoms with van der Waals surface area (Å²) < 4.78 is 72.8. The number of hydrogen-bond donors (Lipinski definition) is 2. The van der Waals surface area contributed by atoms with Gasteiger partial charge in [-0.25, -0.2) is 0 Å². The van der Waals surface area contributed by atoms with E-state index in [1.807, 2.05) is 0 Å². The zero-order valence-electron chi connectivity index (χ0n) is 9.59. The van der Waals surface area contributed by atoms with Crippen molar-refractivity contribution in [1.29, 1.82) is 0 Å². The van der Waals surface area contributed by atoms with Crippen LogP contribution in [-0.2, 0) is 4.79 Å². The van der Waals surface area contributed by atoms with Crippen LogP contribution in [0.25, 0.3) is 0 Å². The minimum atomic E-state index is -5.32. The zero-order chi connectivity index (χ0) is 15.3. The van der Waals surface area contributed by atoms with Crippen molar-refractivity contribution in [2.75, 3.05) is 11.5 Å². The van der Waals surface area contributed by atoms with Crippen LogP contribution in [0.1, 0.15) is 12.8 Å². The van der Waals surface area contributed by atoms with E-state index in [4.69, 9.17) is 10.8 Å². The Balaban J connectivity index is 4.06. The molecule has 114 valence electrons. The maximum absolute atomic E-state index is 12.1. The highest BCUT2D eigenvalue weighted by Gasteiger charge is 2.55. The molecule has 0 aromatic heterocycles. The fraction of sp³-hybridized carbons (Fsp3) is 0.889. The highest BCUT2D eigenvalue weighted by atomic mass is 32.2. The third kappa shape index (κ3) is 7.51. The molecule has 0 heterocycles. The van der Waals surface area contributed by atoms with Crippen LogP contribution in [0.5, 0.6) is 0 Å². The number of aliphatic carboxylic acids is 1. The number of alkyl halides is 6. The van der Waals surface area contributed by atoms with Gasteiger partial charge in [-0.3, -0.25) is 4.79 Å². The van der Waals surface area contributed by atoms with Crippen molar-refractivity contribution in [3.05, 3.63) is 0 Å². The monoisotopic (exact) mass is 313 g/mol. The molecule has 0 bridgehead atoms. The van der Waals surface area contributed by atoms with E-state index in [0.29, 0.717) is 0 Å². The Morgan fingerprint density at radius 2 is 1.47 bits per heavy atom. The lowest BCUT2D eigenvalue weighted by Crippen LogP contribution is -2.36. The number of carboxylic acids is 1. The second kappa shape index (κ2) is 7.22. The molecule has 0 radical (unpaired) electrons. The first-order valence-electron chi connectivity index (χ1n) is 5.15. The molecule has 0 aliphatic carbocycles. The summed E-state index contributed by atoms with van der Waals surface area (Å²) in [4.78, 5) is 10.3. The lowest BCUT2D eigenvalue weighted by molar-refractivity contribution is -0.284. The first kappa shape index (κ1) is 18.4. The molecule has 0 fully saturated rings. The number of halogens is 6. The Labute approximate surface area is 109 Å². The predicted octanol–water partition coefficient (Wildman–Crippen LogP) is 2.65. The van der Waals surface area contributed by atoms with Crippen LogP contribution in [0.15, 0.2) is 0 Å². The van der Waals surface area contributed by atoms with Crippen molar-refractivity contribution in [2.24, 2.45) is 11.7 Å². The van der Waals surface area contributed by atoms with Gasteiger partial charge in [-0.1, -0.05) is 0 Å². The van der Waals surface area contributed by atoms with Crippen molar-refractivity contribution < 1.29 is 36.2 Å². The number of hydrogen-bond acceptors (Lipinski definition) is 3. The maximum Gasteiger partial charge on any atom is 0.400 e. The zero-order valence-corrected chi connectivity index (χ0v) is 10.4. The molecule has 0 aliphatic rings. The van der Waals surface area contributed by atoms with Gasteiger partial charge in [-0.2, -0.15) is 38.1 Å². The quantitative estimate of drug-likeness (QED) is 0.560. The standard InChI is InChI=1S/C9H13F6NO2S/c10-8(11,12)6(9(13,14)15)2-4-19-3-1-5(16)7(17)18/h5-6H,1-4,16H2,(H,17,18). The van der Waals surface area contributed by atoms with Gasteiger partial charge in [0.2, 0.25) is 0 Å². The van der Waals surface area contributed by atoms with Crippen molar-refractivity contribution in [3.8, 4) is 0 Å². The van der Waals surface area contributed by atoms with E-state index < -0.39 is 36.7 Å². The fourth-order valence-electron chi connectivity index (χ4n) is 1.15. The SMILES string of the molecule is NC(CCSCCC(C(F)(F)F)C(F)(F)F)C(=O)O. The molecule has 0 aliphatic heterocycles. The molecular formula is C9H13F6NO2S. The maximum atomic E-state index is 12.1. The van der Waals surface area contributed by atoms with Gasteiger partial charge in [0.25, 0.3) is 0 Å². The molecular weight excluding hydrogens is 300 g/mol. The van der Waals surface area contributed by atoms with E-state index in [-0.39, 0.29) is 17.9 Å². The molecule has 1 atom stereocenters. The third-order valence-corrected chi connectivity index (χ3v) is 3.28. The van der Waals surface area contributed by atoms with Crippen LogP contribution in [0.3, 0.4) is 0 Å². The average Bonchev–Trinajstić information content (AvgIpc) is 2.18. The summed E-state index contributed by atoms with van der Waals surface area (Å²) in [7, 11) is 0. The summed E-state index contributed by atoms with van der Waals surface area (Å²) in [5, 5.41) is 8.41. The second-order valence-electron chi connectivity index (χ2n) is 3.77. The van der Waals surface area contributed by atoms with Gasteiger partial charge < -0.3 is 10.8 Å². The highest BCUT2D eigenvalue weighted by Crippen LogP contribution is 2.41. The first-order chi connectivity index (χ1) is 8.46. The van der Waals surface area contributed by atoms with Crippen LogP contribution in [0.2, 0.25) is 0 Å². The summed E-state index contributed by atoms with van der Waals surface area (Å²) >= 11 is 0.816. The summed E-state index contributed by atoms with van der Waals surface area (Å²) in [6, 6.07) is -1.16. The van der Waals surface area contributed by atoms with Crippen LogP contribution in [0.4, 0.5) is 26.3 Å². The Hall–Kier alpha value is -0.640. The highest BCUT2D eigenvalue weighted by molar-refractivity contribution is 7.99. The van der Waals surface area contributed by atoms with Gasteiger partial charge in [0, 0.05) is 0 Å². The van der Waals surface area contributed by atoms with Gasteiger partial charge >= 0.3 is 18.3 Å². The smallest absolute Gasteiger partial charge is 0.400 e. The number of carboxylic acid groups (broad SMARTS) is 1. The topological polar surface area (TPSA) is 63.3 Å². The minimum absolute atomic E-state index is 0.0112. The van der Waals surface area contributed by atoms with Crippen LogP contribution < -0.4 is 5.73 Å². The van der Waals surface area contributed by atoms with E-state index in [1.54, 1.807) is 0 Å². The molecule has 1 unspecified atom stereocenters. The number of thioether (sulfide) groups is 1. The fourth-order valence-corrected chi connectivity index (χ4v) is 2.18. The second-order valence-corrected chi connectivity index (χ2v) is 5.00. The molecule has 10 heteroatoms. The van der Waals surface area contributed by atoms with Crippen molar-refractivity contribution in [2.45, 2.75) is 31.2 Å². The third-order valence-electron chi connectivity index (χ3n) is 2.23. The van der Waals surface area contributed by atoms with Gasteiger partial charge in [0.05, 0.1) is 0 Å². The Morgan fingerprint density at radius 3 is 1.84 bits per heavy atom. The van der Waals surface area contributed by atoms with E-state index in [0.717, 1.165) is 11.8 Å². The lowest BCUT2D eigenvalue weighted by atomic mass is 10.1. The molecule has 3 nitrogen and oxygen atoms in total. The molecule has 0 saturated carbocycles. The Morgan fingerprint density at radius 1 is 1.05 bits per heavy atom. The van der Waals surface area contributed by atoms with Crippen molar-refractivity contribution in [1.82, 2.24) is 0 Å². The van der Waals surface area contributed by atoms with Gasteiger partial charge in [-0.15, -0.1) is 0 Å². The first-order valence-corrected chi connectivity index (χ1v) is 6.31. The van der Waals surface area contributed by atoms with E-state index >= 15 is 0 Å². The molecule has 0 saturated heterocycles. The minimum Gasteiger partial charge on any atom is -0.480 e. The molecule has 0 spiro atoms. The summed E-state index contributed by atoms with van der Waals surface area (Å²) in [6.45, 7) is 0. The van der Waals surface area contributed by atoms with Gasteiger partial charge in [0.15, 0.2) is 5.92 Å². The number of carbonyl (C=O) groups is 1. The Bertz CT molecular complexity index is 279. The normalized spacial score (nSPS) is 14.7. The van der Waals surface area contributed by atoms with Gasteiger partial charge in [0.1, 0.15) is 6.04 Å². The molecule has 3 N–H and O–H groups in total. The van der Waals surface area contributed by atoms with Crippen molar-refractivity contribution >= 4 is 17.7 Å². The molecule has 0 rings (SSSR count). The van der Waals surface area contributed by atoms with E-state index in [1.165, 1.54) is 0 Å². The molecule has 19 heavy (non-hydrogen) atoms. The molecule has 0 aromatic rings. The largest absolute Gasteiger partial charge is 0.480 e. The predicted molar refractivity (Wildman–Crippen MR) is 57.8 cm³/mol. The van der Waals surface area contributed by atoms with Gasteiger partial charge in [-0.05, 0) is 24.3 Å². The van der Waals surface area contributed by atoms with Crippen LogP contribution in [-0.4, -0.2) is 41.0 Å². The van der Waals surface area contributed by atoms with Crippen molar-refractivity contribution in [3.63, 3.8) is 0 Å². The summed E-state index contributed by atoms with van der Waals surface area (Å²) in [6.07, 6.45) is -11.7. The number of nitrogens with two attached hydrogens (primary N) is 1. The van der Waals surface area contributed by atoms with Crippen LogP contribution in [0, 0.1) is 5.92 Å². The summed E-state index contributed by atoms with van der Waals surface area (Å²) in [5.41, 5.74) is 5.12. The Kier molecular flexibility index (Phi) is 6.98.